The molecule has 3 rings (SSSR count). The molecule has 0 bridgehead atoms. The highest BCUT2D eigenvalue weighted by molar-refractivity contribution is 6.13. The number of rotatable bonds is 3. The molecule has 0 amide bonds. The molecule has 0 heterocycles. The summed E-state index contributed by atoms with van der Waals surface area (Å²) in [7, 11) is 0. The van der Waals surface area contributed by atoms with Crippen LogP contribution in [0.3, 0.4) is 0 Å². The van der Waals surface area contributed by atoms with Crippen molar-refractivity contribution in [2.24, 2.45) is 0 Å². The molecule has 0 fully saturated rings. The van der Waals surface area contributed by atoms with Gasteiger partial charge in [-0.3, -0.25) is 4.79 Å². The molecule has 120 valence electrons. The molecule has 2 N–H and O–H groups in total. The number of aryl methyl sites for hydroxylation is 2. The van der Waals surface area contributed by atoms with Gasteiger partial charge in [0.25, 0.3) is 0 Å². The van der Waals surface area contributed by atoms with Crippen molar-refractivity contribution in [1.82, 2.24) is 0 Å². The number of hydrogen-bond acceptors (Lipinski definition) is 3. The normalized spacial score (nSPS) is 10.6. The van der Waals surface area contributed by atoms with E-state index in [-0.39, 0.29) is 17.3 Å². The van der Waals surface area contributed by atoms with E-state index < -0.39 is 0 Å². The molecule has 0 atom stereocenters. The van der Waals surface area contributed by atoms with E-state index in [2.05, 4.69) is 6.07 Å². The van der Waals surface area contributed by atoms with Crippen LogP contribution in [-0.4, -0.2) is 16.0 Å². The highest BCUT2D eigenvalue weighted by Gasteiger charge is 2.16. The number of ketones is 1. The summed E-state index contributed by atoms with van der Waals surface area (Å²) in [6.07, 6.45) is 0. The fraction of sp³-hybridized carbons (Fsp3) is 0.0952. The van der Waals surface area contributed by atoms with Crippen LogP contribution in [0, 0.1) is 13.8 Å². The monoisotopic (exact) mass is 318 g/mol. The Hall–Kier alpha value is -3.07. The van der Waals surface area contributed by atoms with E-state index in [1.165, 1.54) is 18.2 Å². The number of carbonyl (C=O) groups excluding carboxylic acids is 1. The lowest BCUT2D eigenvalue weighted by Gasteiger charge is -2.12. The Kier molecular flexibility index (Phi) is 4.09. The van der Waals surface area contributed by atoms with Gasteiger partial charge in [0.05, 0.1) is 0 Å². The number of phenolic OH excluding ortho intramolecular Hbond substituents is 2. The SMILES string of the molecule is Cc1cc(C)cc(-c2ccc(O)cc2C(=O)c2ccc(O)cc2)c1. The van der Waals surface area contributed by atoms with Crippen molar-refractivity contribution in [3.63, 3.8) is 0 Å². The molecule has 0 spiro atoms. The summed E-state index contributed by atoms with van der Waals surface area (Å²) in [6.45, 7) is 4.02. The van der Waals surface area contributed by atoms with Crippen LogP contribution in [0.5, 0.6) is 11.5 Å². The molecule has 0 aliphatic heterocycles. The second-order valence-electron chi connectivity index (χ2n) is 5.98. The van der Waals surface area contributed by atoms with Crippen LogP contribution in [0.2, 0.25) is 0 Å². The van der Waals surface area contributed by atoms with Gasteiger partial charge in [0.15, 0.2) is 5.78 Å². The third-order valence-electron chi connectivity index (χ3n) is 3.91. The summed E-state index contributed by atoms with van der Waals surface area (Å²) >= 11 is 0. The molecule has 0 aromatic heterocycles. The maximum atomic E-state index is 12.9. The number of phenols is 2. The molecular weight excluding hydrogens is 300 g/mol. The minimum Gasteiger partial charge on any atom is -0.508 e. The minimum absolute atomic E-state index is 0.0465. The van der Waals surface area contributed by atoms with Crippen molar-refractivity contribution in [3.8, 4) is 22.6 Å². The van der Waals surface area contributed by atoms with Crippen LogP contribution in [0.1, 0.15) is 27.0 Å². The Morgan fingerprint density at radius 3 is 1.96 bits per heavy atom. The van der Waals surface area contributed by atoms with Crippen LogP contribution in [0.15, 0.2) is 60.7 Å². The van der Waals surface area contributed by atoms with Crippen LogP contribution in [0.25, 0.3) is 11.1 Å². The highest BCUT2D eigenvalue weighted by Crippen LogP contribution is 2.30. The van der Waals surface area contributed by atoms with Gasteiger partial charge < -0.3 is 10.2 Å². The Balaban J connectivity index is 2.15. The topological polar surface area (TPSA) is 57.5 Å². The van der Waals surface area contributed by atoms with Crippen molar-refractivity contribution in [3.05, 3.63) is 82.9 Å². The summed E-state index contributed by atoms with van der Waals surface area (Å²) in [5.41, 5.74) is 4.84. The maximum absolute atomic E-state index is 12.9. The van der Waals surface area contributed by atoms with Crippen molar-refractivity contribution in [1.29, 1.82) is 0 Å². The van der Waals surface area contributed by atoms with Gasteiger partial charge in [0, 0.05) is 11.1 Å². The lowest BCUT2D eigenvalue weighted by Crippen LogP contribution is -2.03. The third-order valence-corrected chi connectivity index (χ3v) is 3.91. The lowest BCUT2D eigenvalue weighted by atomic mass is 9.92. The molecule has 3 aromatic carbocycles. The molecule has 3 nitrogen and oxygen atoms in total. The maximum Gasteiger partial charge on any atom is 0.193 e. The molecule has 0 saturated heterocycles. The van der Waals surface area contributed by atoms with Gasteiger partial charge in [-0.25, -0.2) is 0 Å². The van der Waals surface area contributed by atoms with Crippen LogP contribution in [-0.2, 0) is 0 Å². The van der Waals surface area contributed by atoms with Gasteiger partial charge in [0.2, 0.25) is 0 Å². The first-order valence-corrected chi connectivity index (χ1v) is 7.69. The van der Waals surface area contributed by atoms with Gasteiger partial charge in [-0.05, 0) is 67.4 Å². The molecule has 0 aliphatic carbocycles. The number of hydrogen-bond donors (Lipinski definition) is 2. The summed E-state index contributed by atoms with van der Waals surface area (Å²) in [5.74, 6) is -0.0395. The Labute approximate surface area is 140 Å². The van der Waals surface area contributed by atoms with E-state index in [9.17, 15) is 15.0 Å². The summed E-state index contributed by atoms with van der Waals surface area (Å²) in [6, 6.07) is 17.1. The molecule has 24 heavy (non-hydrogen) atoms. The fourth-order valence-corrected chi connectivity index (χ4v) is 2.87. The number of benzene rings is 3. The molecule has 0 radical (unpaired) electrons. The zero-order chi connectivity index (χ0) is 17.3. The highest BCUT2D eigenvalue weighted by atomic mass is 16.3. The van der Waals surface area contributed by atoms with Gasteiger partial charge in [-0.15, -0.1) is 0 Å². The molecule has 0 aliphatic rings. The van der Waals surface area contributed by atoms with E-state index in [0.717, 1.165) is 22.3 Å². The smallest absolute Gasteiger partial charge is 0.193 e. The van der Waals surface area contributed by atoms with Gasteiger partial charge in [0.1, 0.15) is 11.5 Å². The van der Waals surface area contributed by atoms with E-state index in [0.29, 0.717) is 11.1 Å². The molecule has 3 heteroatoms. The van der Waals surface area contributed by atoms with Crippen molar-refractivity contribution >= 4 is 5.78 Å². The molecule has 0 unspecified atom stereocenters. The minimum atomic E-state index is -0.194. The fourth-order valence-electron chi connectivity index (χ4n) is 2.87. The standard InChI is InChI=1S/C21H18O3/c1-13-9-14(2)11-16(10-13)19-8-7-18(23)12-20(19)21(24)15-3-5-17(22)6-4-15/h3-12,22-23H,1-2H3. The van der Waals surface area contributed by atoms with E-state index in [1.54, 1.807) is 24.3 Å². The quantitative estimate of drug-likeness (QED) is 0.693. The number of carbonyl (C=O) groups is 1. The zero-order valence-corrected chi connectivity index (χ0v) is 13.6. The summed E-state index contributed by atoms with van der Waals surface area (Å²) in [5, 5.41) is 19.2. The average molecular weight is 318 g/mol. The second-order valence-corrected chi connectivity index (χ2v) is 5.98. The van der Waals surface area contributed by atoms with Gasteiger partial charge in [-0.1, -0.05) is 29.3 Å². The number of aromatic hydroxyl groups is 2. The zero-order valence-electron chi connectivity index (χ0n) is 13.6. The van der Waals surface area contributed by atoms with Crippen LogP contribution >= 0.6 is 0 Å². The summed E-state index contributed by atoms with van der Waals surface area (Å²) in [4.78, 5) is 12.9. The van der Waals surface area contributed by atoms with Crippen molar-refractivity contribution in [2.45, 2.75) is 13.8 Å². The molecule has 0 saturated carbocycles. The van der Waals surface area contributed by atoms with E-state index in [1.807, 2.05) is 26.0 Å². The first-order valence-electron chi connectivity index (χ1n) is 7.69. The largest absolute Gasteiger partial charge is 0.508 e. The third kappa shape index (κ3) is 3.15. The van der Waals surface area contributed by atoms with Gasteiger partial charge >= 0.3 is 0 Å². The summed E-state index contributed by atoms with van der Waals surface area (Å²) < 4.78 is 0. The molecule has 3 aromatic rings. The van der Waals surface area contributed by atoms with Crippen LogP contribution in [0.4, 0.5) is 0 Å². The first-order chi connectivity index (χ1) is 11.4. The first kappa shape index (κ1) is 15.8. The average Bonchev–Trinajstić information content (AvgIpc) is 2.54. The van der Waals surface area contributed by atoms with Crippen LogP contribution < -0.4 is 0 Å². The predicted molar refractivity (Wildman–Crippen MR) is 94.6 cm³/mol. The Bertz CT molecular complexity index is 889. The van der Waals surface area contributed by atoms with E-state index >= 15 is 0 Å². The Morgan fingerprint density at radius 1 is 0.750 bits per heavy atom. The van der Waals surface area contributed by atoms with Crippen molar-refractivity contribution < 1.29 is 15.0 Å². The molecular formula is C21H18O3. The van der Waals surface area contributed by atoms with E-state index in [4.69, 9.17) is 0 Å². The van der Waals surface area contributed by atoms with Gasteiger partial charge in [-0.2, -0.15) is 0 Å². The lowest BCUT2D eigenvalue weighted by molar-refractivity contribution is 0.103. The Morgan fingerprint density at radius 2 is 1.33 bits per heavy atom. The van der Waals surface area contributed by atoms with Crippen molar-refractivity contribution in [2.75, 3.05) is 0 Å². The second kappa shape index (κ2) is 6.20. The predicted octanol–water partition coefficient (Wildman–Crippen LogP) is 4.61.